The summed E-state index contributed by atoms with van der Waals surface area (Å²) in [6, 6.07) is 0. The minimum atomic E-state index is 0.0801. The first kappa shape index (κ1) is 9.52. The van der Waals surface area contributed by atoms with Crippen molar-refractivity contribution in [3.63, 3.8) is 0 Å². The third-order valence-corrected chi connectivity index (χ3v) is 2.81. The summed E-state index contributed by atoms with van der Waals surface area (Å²) in [6.07, 6.45) is 5.81. The quantitative estimate of drug-likeness (QED) is 0.695. The number of hydrogen-bond acceptors (Lipinski definition) is 2. The van der Waals surface area contributed by atoms with Crippen LogP contribution in [0.3, 0.4) is 0 Å². The predicted octanol–water partition coefficient (Wildman–Crippen LogP) is 0.613. The Hall–Kier alpha value is -1.03. The van der Waals surface area contributed by atoms with Crippen LogP contribution >= 0.6 is 0 Å². The Morgan fingerprint density at radius 2 is 2.14 bits per heavy atom. The molecular formula is C10H16N2O2. The van der Waals surface area contributed by atoms with Crippen LogP contribution in [0.5, 0.6) is 0 Å². The van der Waals surface area contributed by atoms with Crippen molar-refractivity contribution in [1.82, 2.24) is 9.13 Å². The standard InChI is InChI=1S/C10H16N2O2/c1-11-4-5-12(10(11)13)8-9-2-6-14-7-3-9/h4-5,9H,2-3,6-8H2,1H3. The predicted molar refractivity (Wildman–Crippen MR) is 53.2 cm³/mol. The lowest BCUT2D eigenvalue weighted by Gasteiger charge is -2.21. The Morgan fingerprint density at radius 1 is 1.43 bits per heavy atom. The van der Waals surface area contributed by atoms with Crippen LogP contribution in [0.15, 0.2) is 17.2 Å². The molecule has 1 aliphatic heterocycles. The average molecular weight is 196 g/mol. The number of imidazole rings is 1. The fourth-order valence-electron chi connectivity index (χ4n) is 1.86. The van der Waals surface area contributed by atoms with Crippen LogP contribution in [0, 0.1) is 5.92 Å². The second-order valence-electron chi connectivity index (χ2n) is 3.90. The number of nitrogens with zero attached hydrogens (tertiary/aromatic N) is 2. The van der Waals surface area contributed by atoms with Crippen LogP contribution in [0.1, 0.15) is 12.8 Å². The van der Waals surface area contributed by atoms with Crippen LogP contribution in [0.25, 0.3) is 0 Å². The number of rotatable bonds is 2. The van der Waals surface area contributed by atoms with E-state index in [0.29, 0.717) is 5.92 Å². The molecule has 4 heteroatoms. The van der Waals surface area contributed by atoms with Crippen LogP contribution in [0.4, 0.5) is 0 Å². The van der Waals surface area contributed by atoms with Crippen molar-refractivity contribution >= 4 is 0 Å². The lowest BCUT2D eigenvalue weighted by Crippen LogP contribution is -2.27. The molecule has 1 aromatic rings. The summed E-state index contributed by atoms with van der Waals surface area (Å²) in [4.78, 5) is 11.5. The maximum Gasteiger partial charge on any atom is 0.327 e. The molecule has 4 nitrogen and oxygen atoms in total. The van der Waals surface area contributed by atoms with Gasteiger partial charge in [-0.3, -0.25) is 4.57 Å². The minimum Gasteiger partial charge on any atom is -0.381 e. The first-order chi connectivity index (χ1) is 6.77. The lowest BCUT2D eigenvalue weighted by atomic mass is 10.0. The van der Waals surface area contributed by atoms with E-state index in [9.17, 15) is 4.79 Å². The van der Waals surface area contributed by atoms with Crippen molar-refractivity contribution < 1.29 is 4.74 Å². The highest BCUT2D eigenvalue weighted by Crippen LogP contribution is 2.15. The molecule has 0 spiro atoms. The number of hydrogen-bond donors (Lipinski definition) is 0. The van der Waals surface area contributed by atoms with Gasteiger partial charge >= 0.3 is 5.69 Å². The van der Waals surface area contributed by atoms with Gasteiger partial charge in [0.05, 0.1) is 0 Å². The van der Waals surface area contributed by atoms with Gasteiger partial charge < -0.3 is 9.30 Å². The van der Waals surface area contributed by atoms with E-state index in [0.717, 1.165) is 32.6 Å². The van der Waals surface area contributed by atoms with E-state index >= 15 is 0 Å². The summed E-state index contributed by atoms with van der Waals surface area (Å²) >= 11 is 0. The van der Waals surface area contributed by atoms with Gasteiger partial charge in [-0.2, -0.15) is 0 Å². The molecular weight excluding hydrogens is 180 g/mol. The second-order valence-corrected chi connectivity index (χ2v) is 3.90. The van der Waals surface area contributed by atoms with Gasteiger partial charge in [-0.1, -0.05) is 0 Å². The molecule has 0 aliphatic carbocycles. The Kier molecular flexibility index (Phi) is 2.72. The molecule has 0 aromatic carbocycles. The SMILES string of the molecule is Cn1ccn(CC2CCOCC2)c1=O. The molecule has 0 radical (unpaired) electrons. The van der Waals surface area contributed by atoms with E-state index in [1.54, 1.807) is 16.2 Å². The third-order valence-electron chi connectivity index (χ3n) is 2.81. The van der Waals surface area contributed by atoms with Crippen molar-refractivity contribution in [3.05, 3.63) is 22.9 Å². The van der Waals surface area contributed by atoms with Gasteiger partial charge in [0.2, 0.25) is 0 Å². The number of aromatic nitrogens is 2. The third kappa shape index (κ3) is 1.90. The number of aryl methyl sites for hydroxylation is 1. The molecule has 0 bridgehead atoms. The average Bonchev–Trinajstić information content (AvgIpc) is 2.52. The molecule has 0 unspecified atom stereocenters. The summed E-state index contributed by atoms with van der Waals surface area (Å²) < 4.78 is 8.68. The normalized spacial score (nSPS) is 18.6. The molecule has 1 aromatic heterocycles. The van der Waals surface area contributed by atoms with Crippen LogP contribution in [0.2, 0.25) is 0 Å². The molecule has 1 saturated heterocycles. The molecule has 1 aliphatic rings. The Morgan fingerprint density at radius 3 is 2.71 bits per heavy atom. The summed E-state index contributed by atoms with van der Waals surface area (Å²) in [7, 11) is 1.78. The molecule has 0 amide bonds. The zero-order valence-electron chi connectivity index (χ0n) is 8.48. The maximum atomic E-state index is 11.5. The van der Waals surface area contributed by atoms with Crippen molar-refractivity contribution in [2.45, 2.75) is 19.4 Å². The monoisotopic (exact) mass is 196 g/mol. The van der Waals surface area contributed by atoms with Gasteiger partial charge in [-0.15, -0.1) is 0 Å². The van der Waals surface area contributed by atoms with Crippen molar-refractivity contribution in [3.8, 4) is 0 Å². The molecule has 14 heavy (non-hydrogen) atoms. The first-order valence-corrected chi connectivity index (χ1v) is 5.07. The van der Waals surface area contributed by atoms with E-state index in [4.69, 9.17) is 4.74 Å². The zero-order chi connectivity index (χ0) is 9.97. The molecule has 2 heterocycles. The highest BCUT2D eigenvalue weighted by atomic mass is 16.5. The first-order valence-electron chi connectivity index (χ1n) is 5.07. The maximum absolute atomic E-state index is 11.5. The Labute approximate surface area is 83.1 Å². The molecule has 0 saturated carbocycles. The van der Waals surface area contributed by atoms with Crippen molar-refractivity contribution in [2.24, 2.45) is 13.0 Å². The minimum absolute atomic E-state index is 0.0801. The fraction of sp³-hybridized carbons (Fsp3) is 0.700. The highest BCUT2D eigenvalue weighted by Gasteiger charge is 2.15. The molecule has 0 N–H and O–H groups in total. The van der Waals surface area contributed by atoms with Gasteiger partial charge in [0.15, 0.2) is 0 Å². The lowest BCUT2D eigenvalue weighted by molar-refractivity contribution is 0.0609. The van der Waals surface area contributed by atoms with E-state index in [1.165, 1.54) is 0 Å². The van der Waals surface area contributed by atoms with Crippen LogP contribution in [-0.4, -0.2) is 22.3 Å². The summed E-state index contributed by atoms with van der Waals surface area (Å²) in [5, 5.41) is 0. The van der Waals surface area contributed by atoms with Gasteiger partial charge in [-0.05, 0) is 18.8 Å². The second kappa shape index (κ2) is 4.00. The summed E-state index contributed by atoms with van der Waals surface area (Å²) in [5.74, 6) is 0.601. The van der Waals surface area contributed by atoms with Gasteiger partial charge in [0, 0.05) is 39.2 Å². The van der Waals surface area contributed by atoms with Gasteiger partial charge in [0.1, 0.15) is 0 Å². The van der Waals surface area contributed by atoms with Crippen LogP contribution < -0.4 is 5.69 Å². The fourth-order valence-corrected chi connectivity index (χ4v) is 1.86. The van der Waals surface area contributed by atoms with Crippen molar-refractivity contribution in [2.75, 3.05) is 13.2 Å². The summed E-state index contributed by atoms with van der Waals surface area (Å²) in [6.45, 7) is 2.52. The van der Waals surface area contributed by atoms with E-state index < -0.39 is 0 Å². The van der Waals surface area contributed by atoms with Gasteiger partial charge in [-0.25, -0.2) is 4.79 Å². The topological polar surface area (TPSA) is 36.2 Å². The van der Waals surface area contributed by atoms with Gasteiger partial charge in [0.25, 0.3) is 0 Å². The molecule has 1 fully saturated rings. The van der Waals surface area contributed by atoms with E-state index in [2.05, 4.69) is 0 Å². The van der Waals surface area contributed by atoms with E-state index in [1.807, 2.05) is 12.4 Å². The van der Waals surface area contributed by atoms with Crippen molar-refractivity contribution in [1.29, 1.82) is 0 Å². The summed E-state index contributed by atoms with van der Waals surface area (Å²) in [5.41, 5.74) is 0.0801. The largest absolute Gasteiger partial charge is 0.381 e. The Balaban J connectivity index is 2.02. The van der Waals surface area contributed by atoms with Crippen LogP contribution in [-0.2, 0) is 18.3 Å². The molecule has 78 valence electrons. The Bertz CT molecular complexity index is 347. The number of ether oxygens (including phenoxy) is 1. The zero-order valence-corrected chi connectivity index (χ0v) is 8.48. The smallest absolute Gasteiger partial charge is 0.327 e. The molecule has 0 atom stereocenters. The van der Waals surface area contributed by atoms with E-state index in [-0.39, 0.29) is 5.69 Å². The molecule has 2 rings (SSSR count). The highest BCUT2D eigenvalue weighted by molar-refractivity contribution is 4.81.